The van der Waals surface area contributed by atoms with Crippen LogP contribution in [0.25, 0.3) is 0 Å². The molecular weight excluding hydrogens is 318 g/mol. The summed E-state index contributed by atoms with van der Waals surface area (Å²) in [5, 5.41) is 4.94. The van der Waals surface area contributed by atoms with Gasteiger partial charge in [-0.3, -0.25) is 4.79 Å². The Balaban J connectivity index is 3.29. The highest BCUT2D eigenvalue weighted by Gasteiger charge is 2.21. The summed E-state index contributed by atoms with van der Waals surface area (Å²) >= 11 is 0. The molecule has 21 heavy (non-hydrogen) atoms. The molecule has 0 saturated heterocycles. The van der Waals surface area contributed by atoms with E-state index < -0.39 is 32.3 Å². The van der Waals surface area contributed by atoms with Crippen molar-refractivity contribution in [1.29, 1.82) is 0 Å². The molecule has 1 rings (SSSR count). The van der Waals surface area contributed by atoms with Crippen LogP contribution in [0.1, 0.15) is 0 Å². The number of hydrogen-bond donors (Lipinski definition) is 3. The van der Waals surface area contributed by atoms with E-state index in [4.69, 9.17) is 0 Å². The number of sulfone groups is 1. The molecule has 8 nitrogen and oxygen atoms in total. The molecule has 118 valence electrons. The molecule has 3 N–H and O–H groups in total. The van der Waals surface area contributed by atoms with Crippen molar-refractivity contribution in [2.45, 2.75) is 9.79 Å². The van der Waals surface area contributed by atoms with Crippen molar-refractivity contribution in [3.63, 3.8) is 0 Å². The van der Waals surface area contributed by atoms with Gasteiger partial charge in [0.25, 0.3) is 0 Å². The zero-order valence-corrected chi connectivity index (χ0v) is 13.4. The molecule has 0 heterocycles. The monoisotopic (exact) mass is 335 g/mol. The van der Waals surface area contributed by atoms with Crippen LogP contribution >= 0.6 is 0 Å². The largest absolute Gasteiger partial charge is 0.387 e. The third-order valence-corrected chi connectivity index (χ3v) is 5.19. The first-order valence-electron chi connectivity index (χ1n) is 5.84. The maximum absolute atomic E-state index is 12.2. The first-order valence-corrected chi connectivity index (χ1v) is 9.21. The zero-order chi connectivity index (χ0) is 16.3. The minimum atomic E-state index is -4.03. The lowest BCUT2D eigenvalue weighted by Crippen LogP contribution is -2.35. The van der Waals surface area contributed by atoms with Gasteiger partial charge in [0.2, 0.25) is 15.9 Å². The van der Waals surface area contributed by atoms with Gasteiger partial charge >= 0.3 is 0 Å². The number of anilines is 1. The first kappa shape index (κ1) is 17.4. The Labute approximate surface area is 123 Å². The van der Waals surface area contributed by atoms with Gasteiger partial charge in [-0.2, -0.15) is 0 Å². The van der Waals surface area contributed by atoms with Crippen LogP contribution in [0.2, 0.25) is 0 Å². The molecule has 0 saturated carbocycles. The molecule has 0 spiro atoms. The molecule has 0 aromatic heterocycles. The van der Waals surface area contributed by atoms with Gasteiger partial charge in [0.15, 0.2) is 9.84 Å². The van der Waals surface area contributed by atoms with E-state index in [0.29, 0.717) is 0 Å². The number of carbonyl (C=O) groups excluding carboxylic acids is 1. The Hall–Kier alpha value is -1.65. The highest BCUT2D eigenvalue weighted by Crippen LogP contribution is 2.24. The third kappa shape index (κ3) is 4.41. The second-order valence-electron chi connectivity index (χ2n) is 4.18. The fraction of sp³-hybridized carbons (Fsp3) is 0.364. The molecular formula is C11H17N3O5S2. The zero-order valence-electron chi connectivity index (χ0n) is 11.8. The second-order valence-corrected chi connectivity index (χ2v) is 7.93. The summed E-state index contributed by atoms with van der Waals surface area (Å²) < 4.78 is 49.5. The number of rotatable bonds is 6. The summed E-state index contributed by atoms with van der Waals surface area (Å²) in [7, 11) is -4.69. The summed E-state index contributed by atoms with van der Waals surface area (Å²) in [6.07, 6.45) is 0.982. The van der Waals surface area contributed by atoms with Gasteiger partial charge in [-0.05, 0) is 18.2 Å². The van der Waals surface area contributed by atoms with E-state index in [0.717, 1.165) is 12.3 Å². The lowest BCUT2D eigenvalue weighted by Gasteiger charge is -2.12. The Kier molecular flexibility index (Phi) is 5.31. The number of amides is 1. The number of likely N-dealkylation sites (N-methyl/N-ethyl adjacent to an activating group) is 1. The van der Waals surface area contributed by atoms with Crippen molar-refractivity contribution in [1.82, 2.24) is 10.0 Å². The van der Waals surface area contributed by atoms with Gasteiger partial charge in [0.1, 0.15) is 4.90 Å². The fourth-order valence-corrected chi connectivity index (χ4v) is 3.43. The summed E-state index contributed by atoms with van der Waals surface area (Å²) in [4.78, 5) is 10.8. The molecule has 1 aromatic carbocycles. The minimum absolute atomic E-state index is 0.123. The third-order valence-electron chi connectivity index (χ3n) is 2.64. The Bertz CT molecular complexity index is 741. The van der Waals surface area contributed by atoms with Crippen molar-refractivity contribution in [2.24, 2.45) is 0 Å². The summed E-state index contributed by atoms with van der Waals surface area (Å²) in [6, 6.07) is 3.71. The first-order chi connectivity index (χ1) is 9.61. The molecule has 0 aliphatic carbocycles. The molecule has 1 amide bonds. The van der Waals surface area contributed by atoms with Crippen molar-refractivity contribution in [2.75, 3.05) is 32.2 Å². The fourth-order valence-electron chi connectivity index (χ4n) is 1.49. The predicted octanol–water partition coefficient (Wildman–Crippen LogP) is -0.844. The molecule has 0 radical (unpaired) electrons. The van der Waals surface area contributed by atoms with Gasteiger partial charge in [-0.1, -0.05) is 0 Å². The summed E-state index contributed by atoms with van der Waals surface area (Å²) in [5.74, 6) is -0.510. The van der Waals surface area contributed by atoms with Crippen LogP contribution in [0.4, 0.5) is 5.69 Å². The minimum Gasteiger partial charge on any atom is -0.387 e. The van der Waals surface area contributed by atoms with Gasteiger partial charge in [-0.15, -0.1) is 0 Å². The van der Waals surface area contributed by atoms with Crippen molar-refractivity contribution in [3.05, 3.63) is 18.2 Å². The molecule has 0 unspecified atom stereocenters. The molecule has 10 heteroatoms. The molecule has 0 atom stereocenters. The number of nitrogens with one attached hydrogen (secondary N) is 3. The highest BCUT2D eigenvalue weighted by atomic mass is 32.2. The average molecular weight is 335 g/mol. The van der Waals surface area contributed by atoms with E-state index >= 15 is 0 Å². The van der Waals surface area contributed by atoms with Gasteiger partial charge < -0.3 is 10.6 Å². The second kappa shape index (κ2) is 6.41. The van der Waals surface area contributed by atoms with Crippen LogP contribution in [0.15, 0.2) is 28.0 Å². The van der Waals surface area contributed by atoms with E-state index in [-0.39, 0.29) is 15.5 Å². The Morgan fingerprint density at radius 1 is 1.14 bits per heavy atom. The maximum atomic E-state index is 12.2. The molecule has 0 aliphatic rings. The Morgan fingerprint density at radius 3 is 2.24 bits per heavy atom. The van der Waals surface area contributed by atoms with Crippen molar-refractivity contribution < 1.29 is 21.6 Å². The van der Waals surface area contributed by atoms with E-state index in [2.05, 4.69) is 15.4 Å². The van der Waals surface area contributed by atoms with Gasteiger partial charge in [0.05, 0.1) is 17.1 Å². The van der Waals surface area contributed by atoms with Crippen molar-refractivity contribution >= 4 is 31.5 Å². The number of carbonyl (C=O) groups is 1. The van der Waals surface area contributed by atoms with Crippen molar-refractivity contribution in [3.8, 4) is 0 Å². The number of benzene rings is 1. The molecule has 1 aromatic rings. The van der Waals surface area contributed by atoms with Gasteiger partial charge in [-0.25, -0.2) is 21.6 Å². The number of hydrogen-bond acceptors (Lipinski definition) is 6. The molecule has 0 aliphatic heterocycles. The SMILES string of the molecule is CNC(=O)CNS(=O)(=O)c1cc(S(C)(=O)=O)ccc1NC. The lowest BCUT2D eigenvalue weighted by atomic mass is 10.3. The summed E-state index contributed by atoms with van der Waals surface area (Å²) in [6.45, 7) is -0.439. The van der Waals surface area contributed by atoms with Crippen LogP contribution in [-0.2, 0) is 24.7 Å². The smallest absolute Gasteiger partial charge is 0.243 e. The van der Waals surface area contributed by atoms with Gasteiger partial charge in [0, 0.05) is 20.4 Å². The van der Waals surface area contributed by atoms with Crippen LogP contribution < -0.4 is 15.4 Å². The maximum Gasteiger partial charge on any atom is 0.243 e. The topological polar surface area (TPSA) is 121 Å². The van der Waals surface area contributed by atoms with E-state index in [9.17, 15) is 21.6 Å². The average Bonchev–Trinajstić information content (AvgIpc) is 2.43. The Morgan fingerprint density at radius 2 is 1.76 bits per heavy atom. The van der Waals surface area contributed by atoms with Crippen LogP contribution in [-0.4, -0.2) is 49.6 Å². The van der Waals surface area contributed by atoms with Crippen LogP contribution in [0.5, 0.6) is 0 Å². The van der Waals surface area contributed by atoms with Crippen LogP contribution in [0.3, 0.4) is 0 Å². The van der Waals surface area contributed by atoms with Crippen LogP contribution in [0, 0.1) is 0 Å². The quantitative estimate of drug-likeness (QED) is 0.623. The highest BCUT2D eigenvalue weighted by molar-refractivity contribution is 7.91. The standard InChI is InChI=1S/C11H17N3O5S2/c1-12-9-5-4-8(20(3,16)17)6-10(9)21(18,19)14-7-11(15)13-2/h4-6,12,14H,7H2,1-3H3,(H,13,15). The predicted molar refractivity (Wildman–Crippen MR) is 78.4 cm³/mol. The van der Waals surface area contributed by atoms with E-state index in [1.165, 1.54) is 26.2 Å². The normalized spacial score (nSPS) is 12.0. The molecule has 0 fully saturated rings. The lowest BCUT2D eigenvalue weighted by molar-refractivity contribution is -0.119. The summed E-state index contributed by atoms with van der Waals surface area (Å²) in [5.41, 5.74) is 0.229. The van der Waals surface area contributed by atoms with E-state index in [1.54, 1.807) is 0 Å². The molecule has 0 bridgehead atoms. The van der Waals surface area contributed by atoms with E-state index in [1.807, 2.05) is 0 Å². The number of sulfonamides is 1.